The summed E-state index contributed by atoms with van der Waals surface area (Å²) in [6.07, 6.45) is 1.86. The fraction of sp³-hybridized carbons (Fsp3) is 0.692. The second-order valence-electron chi connectivity index (χ2n) is 4.98. The minimum Gasteiger partial charge on any atom is -0.480 e. The molecule has 8 heteroatoms. The summed E-state index contributed by atoms with van der Waals surface area (Å²) >= 11 is 0. The van der Waals surface area contributed by atoms with Crippen molar-refractivity contribution in [1.82, 2.24) is 9.80 Å². The van der Waals surface area contributed by atoms with Crippen LogP contribution in [0.4, 0.5) is 0 Å². The number of ether oxygens (including phenoxy) is 1. The number of nitrogens with zero attached hydrogens (tertiary/aromatic N) is 2. The lowest BCUT2D eigenvalue weighted by Gasteiger charge is -2.16. The van der Waals surface area contributed by atoms with E-state index in [0.717, 1.165) is 0 Å². The number of amides is 2. The summed E-state index contributed by atoms with van der Waals surface area (Å²) in [5, 5.41) is 8.51. The van der Waals surface area contributed by atoms with Crippen molar-refractivity contribution >= 4 is 23.8 Å². The molecule has 1 N–H and O–H groups in total. The molecular weight excluding hydrogens is 280 g/mol. The number of methoxy groups -OCH3 is 1. The van der Waals surface area contributed by atoms with Gasteiger partial charge in [0.05, 0.1) is 7.11 Å². The highest BCUT2D eigenvalue weighted by molar-refractivity contribution is 5.88. The highest BCUT2D eigenvalue weighted by atomic mass is 16.5. The first-order valence-corrected chi connectivity index (χ1v) is 6.61. The molecule has 2 aliphatic rings. The maximum atomic E-state index is 11.0. The Kier molecular flexibility index (Phi) is 5.69. The topological polar surface area (TPSA) is 104 Å². The number of carboxylic acids is 1. The van der Waals surface area contributed by atoms with Crippen LogP contribution in [-0.4, -0.2) is 71.9 Å². The molecule has 2 unspecified atom stereocenters. The normalized spacial score (nSPS) is 24.7. The van der Waals surface area contributed by atoms with Crippen molar-refractivity contribution in [3.8, 4) is 0 Å². The second-order valence-corrected chi connectivity index (χ2v) is 4.98. The van der Waals surface area contributed by atoms with E-state index in [1.165, 1.54) is 24.0 Å². The molecule has 8 nitrogen and oxygen atoms in total. The average Bonchev–Trinajstić information content (AvgIpc) is 2.95. The number of likely N-dealkylation sites (N-methyl/N-ethyl adjacent to an activating group) is 2. The van der Waals surface area contributed by atoms with E-state index < -0.39 is 12.0 Å². The fourth-order valence-corrected chi connectivity index (χ4v) is 2.31. The van der Waals surface area contributed by atoms with E-state index in [2.05, 4.69) is 4.74 Å². The van der Waals surface area contributed by atoms with Gasteiger partial charge in [0.1, 0.15) is 12.1 Å². The van der Waals surface area contributed by atoms with Crippen molar-refractivity contribution in [2.24, 2.45) is 0 Å². The van der Waals surface area contributed by atoms with Gasteiger partial charge in [-0.15, -0.1) is 0 Å². The van der Waals surface area contributed by atoms with E-state index in [1.807, 2.05) is 0 Å². The third kappa shape index (κ3) is 3.93. The summed E-state index contributed by atoms with van der Waals surface area (Å²) in [5.41, 5.74) is 0. The summed E-state index contributed by atoms with van der Waals surface area (Å²) in [7, 11) is 4.48. The summed E-state index contributed by atoms with van der Waals surface area (Å²) in [4.78, 5) is 45.7. The zero-order valence-corrected chi connectivity index (χ0v) is 12.4. The number of carbonyl (C=O) groups is 4. The Morgan fingerprint density at radius 2 is 1.48 bits per heavy atom. The standard InChI is InChI=1S/C7H11NO3.C6H9NO3/c1-8-5(7(10)11-2)3-4-6(8)9;1-7-4(6(9)10)2-3-5(7)8/h5H,3-4H2,1-2H3;4H,2-3H2,1H3,(H,9,10). The van der Waals surface area contributed by atoms with Crippen molar-refractivity contribution in [1.29, 1.82) is 0 Å². The Morgan fingerprint density at radius 1 is 1.05 bits per heavy atom. The lowest BCUT2D eigenvalue weighted by atomic mass is 10.2. The number of likely N-dealkylation sites (tertiary alicyclic amines) is 2. The minimum atomic E-state index is -0.909. The van der Waals surface area contributed by atoms with Crippen LogP contribution < -0.4 is 0 Å². The number of carboxylic acid groups (broad SMARTS) is 1. The maximum Gasteiger partial charge on any atom is 0.328 e. The zero-order chi connectivity index (χ0) is 16.2. The van der Waals surface area contributed by atoms with Crippen LogP contribution >= 0.6 is 0 Å². The van der Waals surface area contributed by atoms with Crippen LogP contribution in [-0.2, 0) is 23.9 Å². The third-order valence-electron chi connectivity index (χ3n) is 3.74. The predicted molar refractivity (Wildman–Crippen MR) is 71.2 cm³/mol. The highest BCUT2D eigenvalue weighted by Crippen LogP contribution is 2.17. The number of hydrogen-bond donors (Lipinski definition) is 1. The molecule has 2 saturated heterocycles. The maximum absolute atomic E-state index is 11.0. The molecule has 0 aliphatic carbocycles. The molecule has 0 radical (unpaired) electrons. The van der Waals surface area contributed by atoms with Gasteiger partial charge in [-0.1, -0.05) is 0 Å². The molecule has 2 heterocycles. The molecule has 0 saturated carbocycles. The van der Waals surface area contributed by atoms with E-state index in [4.69, 9.17) is 5.11 Å². The van der Waals surface area contributed by atoms with E-state index in [9.17, 15) is 19.2 Å². The van der Waals surface area contributed by atoms with Crippen LogP contribution in [0, 0.1) is 0 Å². The third-order valence-corrected chi connectivity index (χ3v) is 3.74. The lowest BCUT2D eigenvalue weighted by Crippen LogP contribution is -2.35. The Labute approximate surface area is 122 Å². The smallest absolute Gasteiger partial charge is 0.328 e. The van der Waals surface area contributed by atoms with Gasteiger partial charge in [0.2, 0.25) is 11.8 Å². The first kappa shape index (κ1) is 16.9. The Hall–Kier alpha value is -2.12. The summed E-state index contributed by atoms with van der Waals surface area (Å²) in [6, 6.07) is -0.944. The number of esters is 1. The van der Waals surface area contributed by atoms with Crippen LogP contribution in [0.1, 0.15) is 25.7 Å². The number of carbonyl (C=O) groups excluding carboxylic acids is 3. The molecule has 118 valence electrons. The first-order chi connectivity index (χ1) is 9.79. The molecule has 0 aromatic heterocycles. The van der Waals surface area contributed by atoms with Gasteiger partial charge in [-0.05, 0) is 12.8 Å². The van der Waals surface area contributed by atoms with Crippen LogP contribution in [0.3, 0.4) is 0 Å². The van der Waals surface area contributed by atoms with Crippen molar-refractivity contribution in [3.63, 3.8) is 0 Å². The van der Waals surface area contributed by atoms with Crippen LogP contribution in [0.2, 0.25) is 0 Å². The van der Waals surface area contributed by atoms with Gasteiger partial charge in [0.25, 0.3) is 0 Å². The van der Waals surface area contributed by atoms with Crippen LogP contribution in [0.5, 0.6) is 0 Å². The molecule has 21 heavy (non-hydrogen) atoms. The Bertz CT molecular complexity index is 450. The average molecular weight is 300 g/mol. The van der Waals surface area contributed by atoms with Crippen molar-refractivity contribution < 1.29 is 29.0 Å². The van der Waals surface area contributed by atoms with E-state index in [-0.39, 0.29) is 23.8 Å². The molecule has 2 rings (SSSR count). The predicted octanol–water partition coefficient (Wildman–Crippen LogP) is -0.528. The van der Waals surface area contributed by atoms with Crippen LogP contribution in [0.15, 0.2) is 0 Å². The highest BCUT2D eigenvalue weighted by Gasteiger charge is 2.34. The molecule has 2 amide bonds. The second kappa shape index (κ2) is 7.05. The number of aliphatic carboxylic acids is 1. The van der Waals surface area contributed by atoms with Gasteiger partial charge in [-0.25, -0.2) is 9.59 Å². The monoisotopic (exact) mass is 300 g/mol. The summed E-state index contributed by atoms with van der Waals surface area (Å²) < 4.78 is 4.52. The molecule has 2 fully saturated rings. The van der Waals surface area contributed by atoms with E-state index >= 15 is 0 Å². The van der Waals surface area contributed by atoms with Gasteiger partial charge >= 0.3 is 11.9 Å². The Balaban J connectivity index is 0.000000211. The lowest BCUT2D eigenvalue weighted by molar-refractivity contribution is -0.148. The van der Waals surface area contributed by atoms with Crippen molar-refractivity contribution in [2.45, 2.75) is 37.8 Å². The molecular formula is C13H20N2O6. The van der Waals surface area contributed by atoms with E-state index in [1.54, 1.807) is 7.05 Å². The van der Waals surface area contributed by atoms with Gasteiger partial charge < -0.3 is 19.6 Å². The molecule has 0 spiro atoms. The van der Waals surface area contributed by atoms with Crippen molar-refractivity contribution in [3.05, 3.63) is 0 Å². The largest absolute Gasteiger partial charge is 0.480 e. The van der Waals surface area contributed by atoms with E-state index in [0.29, 0.717) is 25.7 Å². The van der Waals surface area contributed by atoms with Gasteiger partial charge in [-0.2, -0.15) is 0 Å². The summed E-state index contributed by atoms with van der Waals surface area (Å²) in [6.45, 7) is 0. The quantitative estimate of drug-likeness (QED) is 0.688. The van der Waals surface area contributed by atoms with Gasteiger partial charge in [-0.3, -0.25) is 9.59 Å². The molecule has 2 aliphatic heterocycles. The van der Waals surface area contributed by atoms with Crippen molar-refractivity contribution in [2.75, 3.05) is 21.2 Å². The zero-order valence-electron chi connectivity index (χ0n) is 12.4. The summed E-state index contributed by atoms with van der Waals surface area (Å²) in [5.74, 6) is -1.29. The van der Waals surface area contributed by atoms with Crippen LogP contribution in [0.25, 0.3) is 0 Å². The molecule has 2 atom stereocenters. The molecule has 0 bridgehead atoms. The Morgan fingerprint density at radius 3 is 1.71 bits per heavy atom. The van der Waals surface area contributed by atoms with Gasteiger partial charge in [0.15, 0.2) is 0 Å². The fourth-order valence-electron chi connectivity index (χ4n) is 2.31. The number of rotatable bonds is 2. The SMILES string of the molecule is CN1C(=O)CCC1C(=O)O.COC(=O)C1CCC(=O)N1C. The molecule has 0 aromatic carbocycles. The first-order valence-electron chi connectivity index (χ1n) is 6.61. The number of hydrogen-bond acceptors (Lipinski definition) is 5. The molecule has 0 aromatic rings. The van der Waals surface area contributed by atoms with Gasteiger partial charge in [0, 0.05) is 26.9 Å². The minimum absolute atomic E-state index is 0.0143.